The fourth-order valence-corrected chi connectivity index (χ4v) is 1.98. The Hall–Kier alpha value is -2.10. The van der Waals surface area contributed by atoms with E-state index in [0.29, 0.717) is 6.42 Å². The van der Waals surface area contributed by atoms with Crippen LogP contribution in [-0.2, 0) is 12.8 Å². The third kappa shape index (κ3) is 5.06. The SMILES string of the molecule is Fc1cc(CCc2ccccc2)ccc1/C=C/C(F)(F)F. The van der Waals surface area contributed by atoms with E-state index in [0.717, 1.165) is 23.6 Å². The van der Waals surface area contributed by atoms with Crippen LogP contribution in [-0.4, -0.2) is 6.18 Å². The number of aryl methyl sites for hydroxylation is 2. The van der Waals surface area contributed by atoms with Gasteiger partial charge < -0.3 is 0 Å². The van der Waals surface area contributed by atoms with Crippen molar-refractivity contribution in [3.63, 3.8) is 0 Å². The minimum atomic E-state index is -4.43. The Morgan fingerprint density at radius 2 is 1.52 bits per heavy atom. The smallest absolute Gasteiger partial charge is 0.206 e. The lowest BCUT2D eigenvalue weighted by atomic mass is 10.0. The van der Waals surface area contributed by atoms with Gasteiger partial charge in [-0.1, -0.05) is 42.5 Å². The summed E-state index contributed by atoms with van der Waals surface area (Å²) in [7, 11) is 0. The maximum Gasteiger partial charge on any atom is 0.409 e. The quantitative estimate of drug-likeness (QED) is 0.681. The van der Waals surface area contributed by atoms with Gasteiger partial charge in [-0.15, -0.1) is 0 Å². The van der Waals surface area contributed by atoms with Gasteiger partial charge in [0.25, 0.3) is 0 Å². The maximum absolute atomic E-state index is 13.7. The predicted octanol–water partition coefficient (Wildman–Crippen LogP) is 5.19. The van der Waals surface area contributed by atoms with E-state index >= 15 is 0 Å². The monoisotopic (exact) mass is 294 g/mol. The summed E-state index contributed by atoms with van der Waals surface area (Å²) in [6.45, 7) is 0. The molecule has 0 atom stereocenters. The van der Waals surface area contributed by atoms with E-state index in [9.17, 15) is 17.6 Å². The van der Waals surface area contributed by atoms with Crippen LogP contribution < -0.4 is 0 Å². The van der Waals surface area contributed by atoms with E-state index in [4.69, 9.17) is 0 Å². The molecule has 2 aromatic carbocycles. The second kappa shape index (κ2) is 6.57. The largest absolute Gasteiger partial charge is 0.409 e. The molecule has 0 bridgehead atoms. The molecule has 0 aliphatic rings. The second-order valence-corrected chi connectivity index (χ2v) is 4.72. The third-order valence-electron chi connectivity index (χ3n) is 3.06. The number of hydrogen-bond donors (Lipinski definition) is 0. The summed E-state index contributed by atoms with van der Waals surface area (Å²) >= 11 is 0. The summed E-state index contributed by atoms with van der Waals surface area (Å²) in [5.74, 6) is -0.638. The van der Waals surface area contributed by atoms with E-state index in [2.05, 4.69) is 0 Å². The molecule has 0 saturated carbocycles. The van der Waals surface area contributed by atoms with E-state index < -0.39 is 12.0 Å². The summed E-state index contributed by atoms with van der Waals surface area (Å²) in [6.07, 6.45) is -2.24. The van der Waals surface area contributed by atoms with Crippen LogP contribution in [0.4, 0.5) is 17.6 Å². The third-order valence-corrected chi connectivity index (χ3v) is 3.06. The fourth-order valence-electron chi connectivity index (χ4n) is 1.98. The molecule has 0 aromatic heterocycles. The molecular weight excluding hydrogens is 280 g/mol. The Balaban J connectivity index is 2.04. The van der Waals surface area contributed by atoms with Crippen LogP contribution in [0.1, 0.15) is 16.7 Å². The Labute approximate surface area is 120 Å². The lowest BCUT2D eigenvalue weighted by Crippen LogP contribution is -2.00. The van der Waals surface area contributed by atoms with Crippen LogP contribution in [0, 0.1) is 5.82 Å². The van der Waals surface area contributed by atoms with Crippen molar-refractivity contribution in [1.82, 2.24) is 0 Å². The summed E-state index contributed by atoms with van der Waals surface area (Å²) in [6, 6.07) is 14.1. The minimum Gasteiger partial charge on any atom is -0.206 e. The summed E-state index contributed by atoms with van der Waals surface area (Å²) in [5.41, 5.74) is 1.84. The van der Waals surface area contributed by atoms with E-state index in [1.165, 1.54) is 12.1 Å². The number of hydrogen-bond acceptors (Lipinski definition) is 0. The van der Waals surface area contributed by atoms with E-state index in [-0.39, 0.29) is 11.6 Å². The zero-order chi connectivity index (χ0) is 15.3. The van der Waals surface area contributed by atoms with Crippen LogP contribution in [0.25, 0.3) is 6.08 Å². The highest BCUT2D eigenvalue weighted by molar-refractivity contribution is 5.51. The second-order valence-electron chi connectivity index (χ2n) is 4.72. The average molecular weight is 294 g/mol. The van der Waals surface area contributed by atoms with Gasteiger partial charge in [0.2, 0.25) is 0 Å². The first-order valence-electron chi connectivity index (χ1n) is 6.52. The highest BCUT2D eigenvalue weighted by Gasteiger charge is 2.22. The first-order chi connectivity index (χ1) is 9.94. The minimum absolute atomic E-state index is 0.0368. The molecule has 110 valence electrons. The van der Waals surface area contributed by atoms with Crippen molar-refractivity contribution in [1.29, 1.82) is 0 Å². The highest BCUT2D eigenvalue weighted by Crippen LogP contribution is 2.20. The molecule has 0 saturated heterocycles. The number of allylic oxidation sites excluding steroid dienone is 1. The zero-order valence-corrected chi connectivity index (χ0v) is 11.2. The topological polar surface area (TPSA) is 0 Å². The number of halogens is 4. The molecule has 0 N–H and O–H groups in total. The summed E-state index contributed by atoms with van der Waals surface area (Å²) in [5, 5.41) is 0. The molecular formula is C17H14F4. The van der Waals surface area contributed by atoms with Crippen molar-refractivity contribution < 1.29 is 17.6 Å². The van der Waals surface area contributed by atoms with Crippen LogP contribution >= 0.6 is 0 Å². The van der Waals surface area contributed by atoms with Crippen LogP contribution in [0.2, 0.25) is 0 Å². The van der Waals surface area contributed by atoms with Crippen LogP contribution in [0.15, 0.2) is 54.6 Å². The van der Waals surface area contributed by atoms with Gasteiger partial charge in [0.15, 0.2) is 0 Å². The van der Waals surface area contributed by atoms with Gasteiger partial charge in [-0.2, -0.15) is 13.2 Å². The molecule has 0 unspecified atom stereocenters. The Bertz CT molecular complexity index is 612. The van der Waals surface area contributed by atoms with Gasteiger partial charge in [0.1, 0.15) is 5.82 Å². The van der Waals surface area contributed by atoms with Gasteiger partial charge in [0.05, 0.1) is 0 Å². The van der Waals surface area contributed by atoms with Gasteiger partial charge in [0, 0.05) is 11.6 Å². The molecule has 0 fully saturated rings. The van der Waals surface area contributed by atoms with Crippen LogP contribution in [0.5, 0.6) is 0 Å². The molecule has 2 aromatic rings. The van der Waals surface area contributed by atoms with Gasteiger partial charge in [-0.05, 0) is 36.1 Å². The van der Waals surface area contributed by atoms with Crippen molar-refractivity contribution in [3.05, 3.63) is 77.1 Å². The molecule has 0 aliphatic carbocycles. The van der Waals surface area contributed by atoms with Crippen molar-refractivity contribution in [2.75, 3.05) is 0 Å². The van der Waals surface area contributed by atoms with E-state index in [1.54, 1.807) is 6.07 Å². The number of alkyl halides is 3. The van der Waals surface area contributed by atoms with Gasteiger partial charge >= 0.3 is 6.18 Å². The molecule has 0 heterocycles. The Morgan fingerprint density at radius 1 is 0.857 bits per heavy atom. The predicted molar refractivity (Wildman–Crippen MR) is 75.3 cm³/mol. The summed E-state index contributed by atoms with van der Waals surface area (Å²) < 4.78 is 49.9. The van der Waals surface area contributed by atoms with Crippen molar-refractivity contribution in [3.8, 4) is 0 Å². The molecule has 2 rings (SSSR count). The van der Waals surface area contributed by atoms with Crippen molar-refractivity contribution in [2.45, 2.75) is 19.0 Å². The van der Waals surface area contributed by atoms with Gasteiger partial charge in [-0.25, -0.2) is 4.39 Å². The molecule has 0 aliphatic heterocycles. The Kier molecular flexibility index (Phi) is 4.78. The van der Waals surface area contributed by atoms with Crippen molar-refractivity contribution in [2.24, 2.45) is 0 Å². The van der Waals surface area contributed by atoms with E-state index in [1.807, 2.05) is 30.3 Å². The van der Waals surface area contributed by atoms with Crippen molar-refractivity contribution >= 4 is 6.08 Å². The lowest BCUT2D eigenvalue weighted by molar-refractivity contribution is -0.0790. The molecule has 0 amide bonds. The standard InChI is InChI=1S/C17H14F4/c18-16-12-14(7-6-13-4-2-1-3-5-13)8-9-15(16)10-11-17(19,20)21/h1-5,8-12H,6-7H2/b11-10+. The maximum atomic E-state index is 13.7. The normalized spacial score (nSPS) is 12.0. The zero-order valence-electron chi connectivity index (χ0n) is 11.2. The first kappa shape index (κ1) is 15.3. The highest BCUT2D eigenvalue weighted by atomic mass is 19.4. The molecule has 0 spiro atoms. The fraction of sp³-hybridized carbons (Fsp3) is 0.176. The molecule has 4 heteroatoms. The lowest BCUT2D eigenvalue weighted by Gasteiger charge is -2.05. The first-order valence-corrected chi connectivity index (χ1v) is 6.52. The summed E-state index contributed by atoms with van der Waals surface area (Å²) in [4.78, 5) is 0. The number of rotatable bonds is 4. The van der Waals surface area contributed by atoms with Crippen LogP contribution in [0.3, 0.4) is 0 Å². The van der Waals surface area contributed by atoms with Gasteiger partial charge in [-0.3, -0.25) is 0 Å². The molecule has 0 nitrogen and oxygen atoms in total. The average Bonchev–Trinajstić information content (AvgIpc) is 2.44. The molecule has 21 heavy (non-hydrogen) atoms. The Morgan fingerprint density at radius 3 is 2.14 bits per heavy atom. The number of benzene rings is 2. The molecule has 0 radical (unpaired) electrons.